The minimum absolute atomic E-state index is 0.208. The number of nitrogens with one attached hydrogen (secondary N) is 1. The molecule has 1 heterocycles. The highest BCUT2D eigenvalue weighted by Crippen LogP contribution is 2.18. The topological polar surface area (TPSA) is 71.5 Å². The second-order valence-corrected chi connectivity index (χ2v) is 6.03. The van der Waals surface area contributed by atoms with Gasteiger partial charge in [0, 0.05) is 30.3 Å². The SMILES string of the molecule is CCN(C(=O)c1cncc(C(=O)Nc2ccc(OC)cc2)c1)c1ccccc1. The van der Waals surface area contributed by atoms with E-state index in [-0.39, 0.29) is 11.8 Å². The molecule has 0 bridgehead atoms. The molecule has 0 saturated carbocycles. The first-order chi connectivity index (χ1) is 13.6. The van der Waals surface area contributed by atoms with E-state index in [1.807, 2.05) is 37.3 Å². The summed E-state index contributed by atoms with van der Waals surface area (Å²) in [5.74, 6) is 0.156. The van der Waals surface area contributed by atoms with Crippen molar-refractivity contribution in [2.24, 2.45) is 0 Å². The van der Waals surface area contributed by atoms with Crippen molar-refractivity contribution in [2.75, 3.05) is 23.9 Å². The van der Waals surface area contributed by atoms with E-state index in [0.29, 0.717) is 29.1 Å². The normalized spacial score (nSPS) is 10.2. The molecule has 0 aliphatic rings. The summed E-state index contributed by atoms with van der Waals surface area (Å²) in [7, 11) is 1.58. The van der Waals surface area contributed by atoms with Crippen LogP contribution in [-0.2, 0) is 0 Å². The van der Waals surface area contributed by atoms with Crippen LogP contribution in [0.5, 0.6) is 5.75 Å². The number of pyridine rings is 1. The number of hydrogen-bond acceptors (Lipinski definition) is 4. The van der Waals surface area contributed by atoms with Gasteiger partial charge in [-0.3, -0.25) is 14.6 Å². The molecule has 6 nitrogen and oxygen atoms in total. The summed E-state index contributed by atoms with van der Waals surface area (Å²) in [6.45, 7) is 2.41. The van der Waals surface area contributed by atoms with Crippen LogP contribution >= 0.6 is 0 Å². The Labute approximate surface area is 163 Å². The number of rotatable bonds is 6. The van der Waals surface area contributed by atoms with E-state index in [0.717, 1.165) is 5.69 Å². The fourth-order valence-corrected chi connectivity index (χ4v) is 2.77. The van der Waals surface area contributed by atoms with Crippen molar-refractivity contribution in [2.45, 2.75) is 6.92 Å². The number of amides is 2. The standard InChI is InChI=1S/C22H21N3O3/c1-3-25(19-7-5-4-6-8-19)22(27)17-13-16(14-23-15-17)21(26)24-18-9-11-20(28-2)12-10-18/h4-15H,3H2,1-2H3,(H,24,26). The molecule has 2 aromatic carbocycles. The average Bonchev–Trinajstić information content (AvgIpc) is 2.75. The lowest BCUT2D eigenvalue weighted by Crippen LogP contribution is -2.31. The molecule has 3 aromatic rings. The molecule has 0 aliphatic carbocycles. The highest BCUT2D eigenvalue weighted by Gasteiger charge is 2.18. The summed E-state index contributed by atoms with van der Waals surface area (Å²) in [5, 5.41) is 2.79. The number of carbonyl (C=O) groups is 2. The van der Waals surface area contributed by atoms with Gasteiger partial charge in [0.05, 0.1) is 18.2 Å². The van der Waals surface area contributed by atoms with Crippen molar-refractivity contribution >= 4 is 23.2 Å². The molecular formula is C22H21N3O3. The number of aromatic nitrogens is 1. The van der Waals surface area contributed by atoms with Crippen LogP contribution in [0.3, 0.4) is 0 Å². The number of anilines is 2. The molecule has 1 aromatic heterocycles. The molecule has 0 spiro atoms. The summed E-state index contributed by atoms with van der Waals surface area (Å²) in [5.41, 5.74) is 2.09. The van der Waals surface area contributed by atoms with E-state index in [2.05, 4.69) is 10.3 Å². The Morgan fingerprint density at radius 1 is 1.00 bits per heavy atom. The van der Waals surface area contributed by atoms with Gasteiger partial charge in [0.1, 0.15) is 5.75 Å². The van der Waals surface area contributed by atoms with Crippen LogP contribution in [-0.4, -0.2) is 30.5 Å². The smallest absolute Gasteiger partial charge is 0.259 e. The summed E-state index contributed by atoms with van der Waals surface area (Å²) in [4.78, 5) is 31.2. The van der Waals surface area contributed by atoms with Crippen LogP contribution in [0.1, 0.15) is 27.6 Å². The molecule has 0 unspecified atom stereocenters. The number of benzene rings is 2. The van der Waals surface area contributed by atoms with Crippen LogP contribution in [0.4, 0.5) is 11.4 Å². The molecule has 28 heavy (non-hydrogen) atoms. The number of para-hydroxylation sites is 1. The third-order valence-corrected chi connectivity index (χ3v) is 4.22. The molecule has 0 saturated heterocycles. The number of methoxy groups -OCH3 is 1. The molecule has 0 radical (unpaired) electrons. The van der Waals surface area contributed by atoms with Gasteiger partial charge in [-0.2, -0.15) is 0 Å². The first-order valence-electron chi connectivity index (χ1n) is 8.89. The lowest BCUT2D eigenvalue weighted by atomic mass is 10.1. The van der Waals surface area contributed by atoms with E-state index in [9.17, 15) is 9.59 Å². The molecule has 6 heteroatoms. The number of nitrogens with zero attached hydrogens (tertiary/aromatic N) is 2. The molecule has 142 valence electrons. The Kier molecular flexibility index (Phi) is 6.01. The van der Waals surface area contributed by atoms with Crippen LogP contribution in [0.2, 0.25) is 0 Å². The zero-order valence-electron chi connectivity index (χ0n) is 15.8. The molecule has 0 aliphatic heterocycles. The third-order valence-electron chi connectivity index (χ3n) is 4.22. The molecule has 0 atom stereocenters. The summed E-state index contributed by atoms with van der Waals surface area (Å²) in [6.07, 6.45) is 2.91. The van der Waals surface area contributed by atoms with Gasteiger partial charge in [-0.15, -0.1) is 0 Å². The summed E-state index contributed by atoms with van der Waals surface area (Å²) >= 11 is 0. The van der Waals surface area contributed by atoms with E-state index < -0.39 is 0 Å². The Hall–Kier alpha value is -3.67. The van der Waals surface area contributed by atoms with Gasteiger partial charge in [0.25, 0.3) is 11.8 Å². The summed E-state index contributed by atoms with van der Waals surface area (Å²) in [6, 6.07) is 17.9. The van der Waals surface area contributed by atoms with Crippen molar-refractivity contribution in [3.63, 3.8) is 0 Å². The van der Waals surface area contributed by atoms with Crippen molar-refractivity contribution < 1.29 is 14.3 Å². The first kappa shape index (κ1) is 19.1. The maximum Gasteiger partial charge on any atom is 0.259 e. The van der Waals surface area contributed by atoms with E-state index in [4.69, 9.17) is 4.74 Å². The molecule has 0 fully saturated rings. The second kappa shape index (κ2) is 8.81. The van der Waals surface area contributed by atoms with Crippen molar-refractivity contribution in [3.8, 4) is 5.75 Å². The largest absolute Gasteiger partial charge is 0.497 e. The van der Waals surface area contributed by atoms with E-state index in [1.165, 1.54) is 12.4 Å². The minimum atomic E-state index is -0.338. The average molecular weight is 375 g/mol. The van der Waals surface area contributed by atoms with E-state index >= 15 is 0 Å². The molecule has 2 amide bonds. The molecule has 1 N–H and O–H groups in total. The van der Waals surface area contributed by atoms with Crippen molar-refractivity contribution in [1.82, 2.24) is 4.98 Å². The molecule has 3 rings (SSSR count). The predicted octanol–water partition coefficient (Wildman–Crippen LogP) is 4.01. The van der Waals surface area contributed by atoms with Gasteiger partial charge in [-0.05, 0) is 49.4 Å². The van der Waals surface area contributed by atoms with Crippen LogP contribution < -0.4 is 15.0 Å². The second-order valence-electron chi connectivity index (χ2n) is 6.03. The minimum Gasteiger partial charge on any atom is -0.497 e. The Morgan fingerprint density at radius 2 is 1.68 bits per heavy atom. The van der Waals surface area contributed by atoms with Crippen LogP contribution in [0.15, 0.2) is 73.1 Å². The number of carbonyl (C=O) groups excluding carboxylic acids is 2. The van der Waals surface area contributed by atoms with Crippen LogP contribution in [0, 0.1) is 0 Å². The Balaban J connectivity index is 1.78. The number of ether oxygens (including phenoxy) is 1. The van der Waals surface area contributed by atoms with Crippen LogP contribution in [0.25, 0.3) is 0 Å². The zero-order valence-corrected chi connectivity index (χ0v) is 15.8. The summed E-state index contributed by atoms with van der Waals surface area (Å²) < 4.78 is 5.11. The lowest BCUT2D eigenvalue weighted by Gasteiger charge is -2.21. The highest BCUT2D eigenvalue weighted by atomic mass is 16.5. The van der Waals surface area contributed by atoms with Gasteiger partial charge in [-0.25, -0.2) is 0 Å². The lowest BCUT2D eigenvalue weighted by molar-refractivity contribution is 0.0988. The van der Waals surface area contributed by atoms with E-state index in [1.54, 1.807) is 42.3 Å². The fraction of sp³-hybridized carbons (Fsp3) is 0.136. The van der Waals surface area contributed by atoms with Gasteiger partial charge >= 0.3 is 0 Å². The number of hydrogen-bond donors (Lipinski definition) is 1. The Morgan fingerprint density at radius 3 is 2.32 bits per heavy atom. The fourth-order valence-electron chi connectivity index (χ4n) is 2.77. The van der Waals surface area contributed by atoms with Crippen molar-refractivity contribution in [1.29, 1.82) is 0 Å². The van der Waals surface area contributed by atoms with Gasteiger partial charge in [0.15, 0.2) is 0 Å². The molecular weight excluding hydrogens is 354 g/mol. The maximum absolute atomic E-state index is 12.9. The van der Waals surface area contributed by atoms with Gasteiger partial charge in [0.2, 0.25) is 0 Å². The Bertz CT molecular complexity index is 956. The van der Waals surface area contributed by atoms with Crippen molar-refractivity contribution in [3.05, 3.63) is 84.2 Å². The quantitative estimate of drug-likeness (QED) is 0.707. The monoisotopic (exact) mass is 375 g/mol. The zero-order chi connectivity index (χ0) is 19.9. The first-order valence-corrected chi connectivity index (χ1v) is 8.89. The maximum atomic E-state index is 12.9. The third kappa shape index (κ3) is 4.35. The predicted molar refractivity (Wildman–Crippen MR) is 109 cm³/mol. The highest BCUT2D eigenvalue weighted by molar-refractivity contribution is 6.09. The van der Waals surface area contributed by atoms with Gasteiger partial charge < -0.3 is 15.0 Å². The van der Waals surface area contributed by atoms with Gasteiger partial charge in [-0.1, -0.05) is 18.2 Å².